The Kier molecular flexibility index (Phi) is 5.56. The van der Waals surface area contributed by atoms with Gasteiger partial charge in [0.25, 0.3) is 11.8 Å². The maximum atomic E-state index is 13.3. The van der Waals surface area contributed by atoms with E-state index in [2.05, 4.69) is 10.6 Å². The minimum Gasteiger partial charge on any atom is -0.350 e. The highest BCUT2D eigenvalue weighted by molar-refractivity contribution is 6.46. The maximum absolute atomic E-state index is 13.3. The topological polar surface area (TPSA) is 78.5 Å². The summed E-state index contributed by atoms with van der Waals surface area (Å²) in [6.45, 7) is 1.43. The molecular weight excluding hydrogens is 414 g/mol. The van der Waals surface area contributed by atoms with E-state index in [0.29, 0.717) is 27.6 Å². The lowest BCUT2D eigenvalue weighted by Crippen LogP contribution is -2.32. The van der Waals surface area contributed by atoms with Gasteiger partial charge in [0.2, 0.25) is 5.91 Å². The Labute approximate surface area is 184 Å². The lowest BCUT2D eigenvalue weighted by atomic mass is 10.0. The number of carbonyl (C=O) groups excluding carboxylic acids is 3. The molecule has 4 rings (SSSR count). The molecule has 3 amide bonds. The van der Waals surface area contributed by atoms with Gasteiger partial charge in [-0.1, -0.05) is 41.9 Å². The van der Waals surface area contributed by atoms with E-state index in [9.17, 15) is 14.4 Å². The molecule has 0 atom stereocenters. The van der Waals surface area contributed by atoms with Crippen molar-refractivity contribution in [2.45, 2.75) is 6.92 Å². The summed E-state index contributed by atoms with van der Waals surface area (Å²) in [6.07, 6.45) is 0. The number of benzene rings is 3. The molecule has 0 spiro atoms. The van der Waals surface area contributed by atoms with E-state index in [1.807, 2.05) is 6.07 Å². The summed E-state index contributed by atoms with van der Waals surface area (Å²) in [5.74, 6) is -1.05. The van der Waals surface area contributed by atoms with Crippen molar-refractivity contribution in [2.24, 2.45) is 0 Å². The van der Waals surface area contributed by atoms with Crippen LogP contribution < -0.4 is 15.5 Å². The van der Waals surface area contributed by atoms with Crippen LogP contribution in [0.2, 0.25) is 5.02 Å². The van der Waals surface area contributed by atoms with Gasteiger partial charge in [-0.3, -0.25) is 14.4 Å². The number of halogens is 1. The predicted molar refractivity (Wildman–Crippen MR) is 122 cm³/mol. The number of imide groups is 1. The number of carbonyl (C=O) groups is 3. The molecule has 31 heavy (non-hydrogen) atoms. The van der Waals surface area contributed by atoms with Crippen molar-refractivity contribution in [1.82, 2.24) is 0 Å². The van der Waals surface area contributed by atoms with E-state index >= 15 is 0 Å². The van der Waals surface area contributed by atoms with Crippen LogP contribution in [0.25, 0.3) is 5.57 Å². The summed E-state index contributed by atoms with van der Waals surface area (Å²) in [5, 5.41) is 6.31. The molecule has 1 aliphatic heterocycles. The first-order valence-electron chi connectivity index (χ1n) is 9.53. The molecule has 1 heterocycles. The van der Waals surface area contributed by atoms with E-state index in [1.54, 1.807) is 72.8 Å². The Bertz CT molecular complexity index is 1190. The van der Waals surface area contributed by atoms with Crippen LogP contribution in [0.3, 0.4) is 0 Å². The Hall–Kier alpha value is -3.90. The van der Waals surface area contributed by atoms with E-state index in [4.69, 9.17) is 11.6 Å². The third-order valence-electron chi connectivity index (χ3n) is 4.71. The van der Waals surface area contributed by atoms with Gasteiger partial charge in [0.05, 0.1) is 11.3 Å². The predicted octanol–water partition coefficient (Wildman–Crippen LogP) is 4.70. The van der Waals surface area contributed by atoms with E-state index in [0.717, 1.165) is 4.90 Å². The molecule has 0 saturated heterocycles. The zero-order valence-corrected chi connectivity index (χ0v) is 17.3. The smallest absolute Gasteiger partial charge is 0.282 e. The van der Waals surface area contributed by atoms with E-state index in [-0.39, 0.29) is 17.2 Å². The number of nitrogens with one attached hydrogen (secondary N) is 2. The van der Waals surface area contributed by atoms with Crippen LogP contribution in [0.4, 0.5) is 17.1 Å². The second-order valence-electron chi connectivity index (χ2n) is 6.92. The van der Waals surface area contributed by atoms with Crippen LogP contribution in [-0.4, -0.2) is 17.7 Å². The lowest BCUT2D eigenvalue weighted by Gasteiger charge is -2.15. The van der Waals surface area contributed by atoms with Gasteiger partial charge in [-0.15, -0.1) is 0 Å². The SMILES string of the molecule is CC(=O)Nc1ccc(NC2=C(c3ccc(Cl)cc3)C(=O)N(c3ccccc3)C2=O)cc1. The number of rotatable bonds is 5. The van der Waals surface area contributed by atoms with Gasteiger partial charge in [0, 0.05) is 23.3 Å². The molecule has 2 N–H and O–H groups in total. The summed E-state index contributed by atoms with van der Waals surface area (Å²) in [4.78, 5) is 39.0. The molecular formula is C24H18ClN3O3. The van der Waals surface area contributed by atoms with Crippen molar-refractivity contribution >= 4 is 52.0 Å². The number of anilines is 3. The third kappa shape index (κ3) is 4.20. The zero-order valence-electron chi connectivity index (χ0n) is 16.6. The van der Waals surface area contributed by atoms with Gasteiger partial charge in [0.1, 0.15) is 5.70 Å². The first kappa shape index (κ1) is 20.4. The second kappa shape index (κ2) is 8.45. The molecule has 3 aromatic carbocycles. The molecule has 1 aliphatic rings. The highest BCUT2D eigenvalue weighted by atomic mass is 35.5. The summed E-state index contributed by atoms with van der Waals surface area (Å²) >= 11 is 6.00. The summed E-state index contributed by atoms with van der Waals surface area (Å²) < 4.78 is 0. The second-order valence-corrected chi connectivity index (χ2v) is 7.36. The summed E-state index contributed by atoms with van der Waals surface area (Å²) in [7, 11) is 0. The van der Waals surface area contributed by atoms with Gasteiger partial charge in [0.15, 0.2) is 0 Å². The maximum Gasteiger partial charge on any atom is 0.282 e. The zero-order chi connectivity index (χ0) is 22.0. The van der Waals surface area contributed by atoms with Crippen LogP contribution in [-0.2, 0) is 14.4 Å². The largest absolute Gasteiger partial charge is 0.350 e. The Morgan fingerprint density at radius 1 is 0.806 bits per heavy atom. The molecule has 3 aromatic rings. The van der Waals surface area contributed by atoms with Crippen LogP contribution in [0.5, 0.6) is 0 Å². The molecule has 0 aromatic heterocycles. The fourth-order valence-corrected chi connectivity index (χ4v) is 3.45. The molecule has 0 radical (unpaired) electrons. The van der Waals surface area contributed by atoms with Gasteiger partial charge in [-0.25, -0.2) is 4.90 Å². The van der Waals surface area contributed by atoms with Crippen molar-refractivity contribution in [3.05, 3.63) is 95.1 Å². The molecule has 0 aliphatic carbocycles. The van der Waals surface area contributed by atoms with E-state index in [1.165, 1.54) is 6.92 Å². The fraction of sp³-hybridized carbons (Fsp3) is 0.0417. The lowest BCUT2D eigenvalue weighted by molar-refractivity contribution is -0.120. The number of amides is 3. The molecule has 6 nitrogen and oxygen atoms in total. The Morgan fingerprint density at radius 3 is 2.03 bits per heavy atom. The standard InChI is InChI=1S/C24H18ClN3O3/c1-15(29)26-18-11-13-19(14-12-18)27-22-21(16-7-9-17(25)10-8-16)23(30)28(24(22)31)20-5-3-2-4-6-20/h2-14,27H,1H3,(H,26,29). The average Bonchev–Trinajstić information content (AvgIpc) is 3.00. The fourth-order valence-electron chi connectivity index (χ4n) is 3.33. The van der Waals surface area contributed by atoms with Crippen molar-refractivity contribution in [3.8, 4) is 0 Å². The highest BCUT2D eigenvalue weighted by Gasteiger charge is 2.40. The first-order valence-corrected chi connectivity index (χ1v) is 9.90. The normalized spacial score (nSPS) is 13.5. The Balaban J connectivity index is 1.74. The molecule has 154 valence electrons. The first-order chi connectivity index (χ1) is 14.9. The van der Waals surface area contributed by atoms with Crippen molar-refractivity contribution in [3.63, 3.8) is 0 Å². The van der Waals surface area contributed by atoms with Gasteiger partial charge < -0.3 is 10.6 Å². The molecule has 0 bridgehead atoms. The van der Waals surface area contributed by atoms with Crippen molar-refractivity contribution in [2.75, 3.05) is 15.5 Å². The number of nitrogens with zero attached hydrogens (tertiary/aromatic N) is 1. The third-order valence-corrected chi connectivity index (χ3v) is 4.96. The van der Waals surface area contributed by atoms with Gasteiger partial charge in [-0.05, 0) is 54.1 Å². The minimum atomic E-state index is -0.452. The summed E-state index contributed by atoms with van der Waals surface area (Å²) in [5.41, 5.74) is 2.73. The molecule has 0 saturated carbocycles. The average molecular weight is 432 g/mol. The van der Waals surface area contributed by atoms with Gasteiger partial charge in [-0.2, -0.15) is 0 Å². The van der Waals surface area contributed by atoms with Crippen molar-refractivity contribution < 1.29 is 14.4 Å². The van der Waals surface area contributed by atoms with Crippen molar-refractivity contribution in [1.29, 1.82) is 0 Å². The Morgan fingerprint density at radius 2 is 1.42 bits per heavy atom. The highest BCUT2D eigenvalue weighted by Crippen LogP contribution is 2.34. The van der Waals surface area contributed by atoms with E-state index < -0.39 is 11.8 Å². The quantitative estimate of drug-likeness (QED) is 0.574. The molecule has 7 heteroatoms. The molecule has 0 unspecified atom stereocenters. The molecule has 0 fully saturated rings. The number of hydrogen-bond donors (Lipinski definition) is 2. The number of hydrogen-bond acceptors (Lipinski definition) is 4. The minimum absolute atomic E-state index is 0.170. The van der Waals surface area contributed by atoms with Crippen LogP contribution in [0.1, 0.15) is 12.5 Å². The summed E-state index contributed by atoms with van der Waals surface area (Å²) in [6, 6.07) is 22.4. The number of para-hydroxylation sites is 1. The van der Waals surface area contributed by atoms with Crippen LogP contribution in [0.15, 0.2) is 84.6 Å². The van der Waals surface area contributed by atoms with Crippen LogP contribution in [0, 0.1) is 0 Å². The monoisotopic (exact) mass is 431 g/mol. The van der Waals surface area contributed by atoms with Gasteiger partial charge >= 0.3 is 0 Å². The van der Waals surface area contributed by atoms with Crippen LogP contribution >= 0.6 is 11.6 Å².